The van der Waals surface area contributed by atoms with Crippen molar-refractivity contribution in [2.24, 2.45) is 4.99 Å². The first-order valence-corrected chi connectivity index (χ1v) is 11.7. The molecule has 0 spiro atoms. The van der Waals surface area contributed by atoms with Crippen molar-refractivity contribution in [1.29, 1.82) is 0 Å². The molecule has 1 aliphatic rings. The Morgan fingerprint density at radius 1 is 0.871 bits per heavy atom. The zero-order valence-electron chi connectivity index (χ0n) is 17.0. The number of nitrogens with zero attached hydrogens (tertiary/aromatic N) is 1. The highest BCUT2D eigenvalue weighted by Gasteiger charge is 2.20. The van der Waals surface area contributed by atoms with Gasteiger partial charge in [-0.25, -0.2) is 0 Å². The van der Waals surface area contributed by atoms with Gasteiger partial charge in [0.2, 0.25) is 0 Å². The molecule has 1 aliphatic heterocycles. The molecule has 0 radical (unpaired) electrons. The fourth-order valence-corrected chi connectivity index (χ4v) is 4.73. The monoisotopic (exact) mass is 443 g/mol. The predicted molar refractivity (Wildman–Crippen MR) is 130 cm³/mol. The molecular formula is C27H22ClNOS. The van der Waals surface area contributed by atoms with Crippen LogP contribution in [0.3, 0.4) is 0 Å². The Hall–Kier alpha value is -2.88. The van der Waals surface area contributed by atoms with Gasteiger partial charge in [0, 0.05) is 9.90 Å². The first kappa shape index (κ1) is 20.0. The summed E-state index contributed by atoms with van der Waals surface area (Å²) in [5.74, 6) is 0.820. The van der Waals surface area contributed by atoms with Crippen molar-refractivity contribution < 1.29 is 4.74 Å². The fraction of sp³-hybridized carbons (Fsp3) is 0.148. The molecule has 0 amide bonds. The van der Waals surface area contributed by atoms with E-state index in [0.29, 0.717) is 11.6 Å². The van der Waals surface area contributed by atoms with E-state index in [-0.39, 0.29) is 6.04 Å². The molecule has 3 aromatic carbocycles. The smallest absolute Gasteiger partial charge is 0.119 e. The fourth-order valence-electron chi connectivity index (χ4n) is 3.85. The molecule has 2 heterocycles. The highest BCUT2D eigenvalue weighted by molar-refractivity contribution is 7.12. The van der Waals surface area contributed by atoms with E-state index in [9.17, 15) is 0 Å². The number of halogens is 1. The summed E-state index contributed by atoms with van der Waals surface area (Å²) in [6.07, 6.45) is 2.15. The summed E-state index contributed by atoms with van der Waals surface area (Å²) in [5, 5.41) is 2.83. The van der Waals surface area contributed by atoms with Crippen LogP contribution in [0.4, 0.5) is 0 Å². The molecule has 1 atom stereocenters. The SMILES string of the molecule is Clc1ccc(OCc2ccc(-c3ccc(C4CCC(c5cccs5)=N4)cc3)cc2)cc1. The Labute approximate surface area is 191 Å². The number of rotatable bonds is 6. The molecule has 1 unspecified atom stereocenters. The summed E-state index contributed by atoms with van der Waals surface area (Å²) in [6, 6.07) is 29.4. The number of hydrogen-bond donors (Lipinski definition) is 0. The van der Waals surface area contributed by atoms with Gasteiger partial charge in [-0.2, -0.15) is 0 Å². The van der Waals surface area contributed by atoms with Crippen LogP contribution in [0.15, 0.2) is 95.3 Å². The lowest BCUT2D eigenvalue weighted by atomic mass is 9.99. The van der Waals surface area contributed by atoms with Gasteiger partial charge in [0.1, 0.15) is 12.4 Å². The summed E-state index contributed by atoms with van der Waals surface area (Å²) < 4.78 is 5.83. The van der Waals surface area contributed by atoms with Crippen LogP contribution in [0, 0.1) is 0 Å². The summed E-state index contributed by atoms with van der Waals surface area (Å²) in [7, 11) is 0. The van der Waals surface area contributed by atoms with Gasteiger partial charge in [0.05, 0.1) is 11.8 Å². The van der Waals surface area contributed by atoms with Gasteiger partial charge >= 0.3 is 0 Å². The second-order valence-electron chi connectivity index (χ2n) is 7.67. The lowest BCUT2D eigenvalue weighted by Crippen LogP contribution is -1.95. The van der Waals surface area contributed by atoms with Gasteiger partial charge in [0.15, 0.2) is 0 Å². The second-order valence-corrected chi connectivity index (χ2v) is 9.05. The number of thiophene rings is 1. The van der Waals surface area contributed by atoms with Crippen molar-refractivity contribution in [3.05, 3.63) is 111 Å². The molecule has 0 bridgehead atoms. The standard InChI is InChI=1S/C27H22ClNOS/c28-23-11-13-24(14-12-23)30-18-19-3-5-20(6-4-19)21-7-9-22(10-8-21)25-15-16-26(29-25)27-2-1-17-31-27/h1-14,17,25H,15-16,18H2. The Kier molecular flexibility index (Phi) is 5.88. The van der Waals surface area contributed by atoms with Crippen molar-refractivity contribution in [1.82, 2.24) is 0 Å². The zero-order chi connectivity index (χ0) is 21.0. The first-order valence-electron chi connectivity index (χ1n) is 10.4. The van der Waals surface area contributed by atoms with Crippen molar-refractivity contribution in [3.8, 4) is 16.9 Å². The normalized spacial score (nSPS) is 15.6. The first-order chi connectivity index (χ1) is 15.2. The summed E-state index contributed by atoms with van der Waals surface area (Å²) in [4.78, 5) is 6.28. The van der Waals surface area contributed by atoms with Crippen molar-refractivity contribution >= 4 is 28.6 Å². The number of hydrogen-bond acceptors (Lipinski definition) is 3. The van der Waals surface area contributed by atoms with E-state index >= 15 is 0 Å². The van der Waals surface area contributed by atoms with Crippen molar-refractivity contribution in [2.45, 2.75) is 25.5 Å². The molecule has 154 valence electrons. The molecule has 0 N–H and O–H groups in total. The lowest BCUT2D eigenvalue weighted by Gasteiger charge is -2.10. The third kappa shape index (κ3) is 4.73. The van der Waals surface area contributed by atoms with E-state index in [0.717, 1.165) is 24.2 Å². The largest absolute Gasteiger partial charge is 0.489 e. The predicted octanol–water partition coefficient (Wildman–Crippen LogP) is 7.97. The van der Waals surface area contributed by atoms with Crippen LogP contribution >= 0.6 is 22.9 Å². The molecule has 0 fully saturated rings. The van der Waals surface area contributed by atoms with Gasteiger partial charge in [-0.1, -0.05) is 66.2 Å². The highest BCUT2D eigenvalue weighted by atomic mass is 35.5. The summed E-state index contributed by atoms with van der Waals surface area (Å²) in [5.41, 5.74) is 6.10. The van der Waals surface area contributed by atoms with Crippen LogP contribution in [-0.4, -0.2) is 5.71 Å². The van der Waals surface area contributed by atoms with Crippen LogP contribution in [0.1, 0.15) is 34.9 Å². The van der Waals surface area contributed by atoms with Crippen LogP contribution in [0.5, 0.6) is 5.75 Å². The molecule has 4 aromatic rings. The molecule has 0 aliphatic carbocycles. The Morgan fingerprint density at radius 3 is 2.26 bits per heavy atom. The molecule has 2 nitrogen and oxygen atoms in total. The summed E-state index contributed by atoms with van der Waals surface area (Å²) >= 11 is 7.69. The van der Waals surface area contributed by atoms with E-state index in [1.807, 2.05) is 24.3 Å². The Morgan fingerprint density at radius 2 is 1.58 bits per heavy atom. The van der Waals surface area contributed by atoms with E-state index in [4.69, 9.17) is 21.3 Å². The van der Waals surface area contributed by atoms with Crippen molar-refractivity contribution in [2.75, 3.05) is 0 Å². The average molecular weight is 444 g/mol. The minimum Gasteiger partial charge on any atom is -0.489 e. The van der Waals surface area contributed by atoms with Gasteiger partial charge in [0.25, 0.3) is 0 Å². The zero-order valence-corrected chi connectivity index (χ0v) is 18.6. The number of ether oxygens (including phenoxy) is 1. The number of benzene rings is 3. The molecule has 31 heavy (non-hydrogen) atoms. The minimum absolute atomic E-state index is 0.276. The third-order valence-electron chi connectivity index (χ3n) is 5.57. The summed E-state index contributed by atoms with van der Waals surface area (Å²) in [6.45, 7) is 0.535. The second kappa shape index (κ2) is 9.09. The maximum absolute atomic E-state index is 5.92. The Balaban J connectivity index is 1.23. The van der Waals surface area contributed by atoms with Gasteiger partial charge < -0.3 is 4.74 Å². The van der Waals surface area contributed by atoms with E-state index in [1.54, 1.807) is 11.3 Å². The molecule has 4 heteroatoms. The Bertz CT molecular complexity index is 1160. The molecule has 0 saturated heterocycles. The van der Waals surface area contributed by atoms with Gasteiger partial charge in [-0.15, -0.1) is 11.3 Å². The molecular weight excluding hydrogens is 422 g/mol. The molecule has 1 aromatic heterocycles. The third-order valence-corrected chi connectivity index (χ3v) is 6.74. The van der Waals surface area contributed by atoms with E-state index < -0.39 is 0 Å². The van der Waals surface area contributed by atoms with Crippen LogP contribution in [0.2, 0.25) is 5.02 Å². The van der Waals surface area contributed by atoms with Crippen LogP contribution < -0.4 is 4.74 Å². The van der Waals surface area contributed by atoms with Crippen LogP contribution in [0.25, 0.3) is 11.1 Å². The quantitative estimate of drug-likeness (QED) is 0.296. The van der Waals surface area contributed by atoms with E-state index in [2.05, 4.69) is 66.0 Å². The van der Waals surface area contributed by atoms with Crippen LogP contribution in [-0.2, 0) is 6.61 Å². The van der Waals surface area contributed by atoms with Gasteiger partial charge in [-0.05, 0) is 70.8 Å². The topological polar surface area (TPSA) is 21.6 Å². The maximum atomic E-state index is 5.92. The highest BCUT2D eigenvalue weighted by Crippen LogP contribution is 2.33. The average Bonchev–Trinajstić information content (AvgIpc) is 3.51. The van der Waals surface area contributed by atoms with Crippen molar-refractivity contribution in [3.63, 3.8) is 0 Å². The lowest BCUT2D eigenvalue weighted by molar-refractivity contribution is 0.306. The maximum Gasteiger partial charge on any atom is 0.119 e. The minimum atomic E-state index is 0.276. The molecule has 0 saturated carbocycles. The van der Waals surface area contributed by atoms with E-state index in [1.165, 1.54) is 27.3 Å². The molecule has 5 rings (SSSR count). The van der Waals surface area contributed by atoms with Gasteiger partial charge in [-0.3, -0.25) is 4.99 Å². The number of aliphatic imine (C=N–C) groups is 1.